The van der Waals surface area contributed by atoms with Gasteiger partial charge in [-0.2, -0.15) is 0 Å². The van der Waals surface area contributed by atoms with Gasteiger partial charge in [0.05, 0.1) is 18.0 Å². The van der Waals surface area contributed by atoms with Crippen LogP contribution in [-0.2, 0) is 16.4 Å². The molecule has 3 aromatic carbocycles. The zero-order valence-electron chi connectivity index (χ0n) is 19.6. The molecule has 2 N–H and O–H groups in total. The van der Waals surface area contributed by atoms with Crippen LogP contribution in [0.4, 0.5) is 15.8 Å². The van der Waals surface area contributed by atoms with Crippen LogP contribution in [0.1, 0.15) is 51.7 Å². The standard InChI is InChI=1S/C26H26FN3O4S/c1-16-14-21-15-20(8-13-24(21)30(16)35(3,33)34)26(32)28-17(2)18-6-11-23(12-7-18)29-25(31)19-4-9-22(27)10-5-19/h4-13,15-17H,14H2,1-3H3,(H,28,32)(H,29,31). The lowest BCUT2D eigenvalue weighted by Gasteiger charge is -2.22. The average molecular weight is 496 g/mol. The minimum absolute atomic E-state index is 0.195. The fourth-order valence-electron chi connectivity index (χ4n) is 4.27. The van der Waals surface area contributed by atoms with Gasteiger partial charge < -0.3 is 10.6 Å². The number of nitrogens with zero attached hydrogens (tertiary/aromatic N) is 1. The van der Waals surface area contributed by atoms with Crippen LogP contribution in [0.5, 0.6) is 0 Å². The SMILES string of the molecule is CC(NC(=O)c1ccc2c(c1)CC(C)N2S(C)(=O)=O)c1ccc(NC(=O)c2ccc(F)cc2)cc1. The Labute approximate surface area is 204 Å². The molecule has 1 heterocycles. The number of carbonyl (C=O) groups excluding carboxylic acids is 2. The van der Waals surface area contributed by atoms with Crippen molar-refractivity contribution in [1.82, 2.24) is 5.32 Å². The van der Waals surface area contributed by atoms with Crippen molar-refractivity contribution in [2.75, 3.05) is 15.9 Å². The molecule has 0 saturated carbocycles. The number of rotatable bonds is 6. The van der Waals surface area contributed by atoms with Gasteiger partial charge in [-0.05, 0) is 86.0 Å². The highest BCUT2D eigenvalue weighted by Gasteiger charge is 2.32. The first kappa shape index (κ1) is 24.4. The van der Waals surface area contributed by atoms with Crippen LogP contribution in [0.25, 0.3) is 0 Å². The quantitative estimate of drug-likeness (QED) is 0.534. The van der Waals surface area contributed by atoms with Crippen LogP contribution in [0.2, 0.25) is 0 Å². The van der Waals surface area contributed by atoms with E-state index < -0.39 is 15.8 Å². The smallest absolute Gasteiger partial charge is 0.255 e. The van der Waals surface area contributed by atoms with Crippen molar-refractivity contribution in [3.05, 3.63) is 94.8 Å². The first-order valence-corrected chi connectivity index (χ1v) is 13.0. The van der Waals surface area contributed by atoms with Gasteiger partial charge in [-0.1, -0.05) is 12.1 Å². The van der Waals surface area contributed by atoms with Gasteiger partial charge in [-0.25, -0.2) is 12.8 Å². The average Bonchev–Trinajstić information content (AvgIpc) is 3.15. The highest BCUT2D eigenvalue weighted by Crippen LogP contribution is 2.34. The van der Waals surface area contributed by atoms with Crippen molar-refractivity contribution in [2.24, 2.45) is 0 Å². The third kappa shape index (κ3) is 5.35. The largest absolute Gasteiger partial charge is 0.346 e. The van der Waals surface area contributed by atoms with Crippen LogP contribution in [0.15, 0.2) is 66.7 Å². The Hall–Kier alpha value is -3.72. The minimum Gasteiger partial charge on any atom is -0.346 e. The number of fused-ring (bicyclic) bond motifs is 1. The van der Waals surface area contributed by atoms with Crippen LogP contribution >= 0.6 is 0 Å². The number of sulfonamides is 1. The van der Waals surface area contributed by atoms with Gasteiger partial charge in [0.2, 0.25) is 10.0 Å². The lowest BCUT2D eigenvalue weighted by Crippen LogP contribution is -2.34. The van der Waals surface area contributed by atoms with Gasteiger partial charge in [0.25, 0.3) is 11.8 Å². The lowest BCUT2D eigenvalue weighted by molar-refractivity contribution is 0.0939. The zero-order chi connectivity index (χ0) is 25.3. The summed E-state index contributed by atoms with van der Waals surface area (Å²) in [6, 6.07) is 16.9. The molecule has 0 bridgehead atoms. The summed E-state index contributed by atoms with van der Waals surface area (Å²) in [6.45, 7) is 3.69. The van der Waals surface area contributed by atoms with Crippen molar-refractivity contribution < 1.29 is 22.4 Å². The first-order chi connectivity index (χ1) is 16.5. The van der Waals surface area contributed by atoms with E-state index in [9.17, 15) is 22.4 Å². The van der Waals surface area contributed by atoms with Gasteiger partial charge in [0, 0.05) is 22.9 Å². The maximum Gasteiger partial charge on any atom is 0.255 e. The number of hydrogen-bond donors (Lipinski definition) is 2. The Bertz CT molecular complexity index is 1370. The fourth-order valence-corrected chi connectivity index (χ4v) is 5.54. The van der Waals surface area contributed by atoms with E-state index in [1.807, 2.05) is 13.8 Å². The van der Waals surface area contributed by atoms with E-state index in [4.69, 9.17) is 0 Å². The first-order valence-electron chi connectivity index (χ1n) is 11.1. The number of benzene rings is 3. The molecule has 0 aromatic heterocycles. The predicted molar refractivity (Wildman–Crippen MR) is 134 cm³/mol. The second-order valence-corrected chi connectivity index (χ2v) is 10.6. The molecule has 2 atom stereocenters. The van der Waals surface area contributed by atoms with E-state index in [0.717, 1.165) is 11.1 Å². The van der Waals surface area contributed by atoms with Crippen molar-refractivity contribution in [2.45, 2.75) is 32.4 Å². The van der Waals surface area contributed by atoms with Crippen molar-refractivity contribution in [3.63, 3.8) is 0 Å². The maximum atomic E-state index is 13.0. The molecule has 0 aliphatic carbocycles. The van der Waals surface area contributed by atoms with E-state index in [1.165, 1.54) is 34.8 Å². The molecular weight excluding hydrogens is 469 g/mol. The molecular formula is C26H26FN3O4S. The van der Waals surface area contributed by atoms with E-state index in [0.29, 0.717) is 28.9 Å². The molecule has 0 fully saturated rings. The molecule has 3 aromatic rings. The van der Waals surface area contributed by atoms with Crippen molar-refractivity contribution >= 4 is 33.2 Å². The molecule has 2 amide bonds. The highest BCUT2D eigenvalue weighted by atomic mass is 32.2. The molecule has 4 rings (SSSR count). The molecule has 1 aliphatic rings. The fraction of sp³-hybridized carbons (Fsp3) is 0.231. The zero-order valence-corrected chi connectivity index (χ0v) is 20.4. The Morgan fingerprint density at radius 3 is 2.23 bits per heavy atom. The van der Waals surface area contributed by atoms with E-state index >= 15 is 0 Å². The molecule has 1 aliphatic heterocycles. The topological polar surface area (TPSA) is 95.6 Å². The summed E-state index contributed by atoms with van der Waals surface area (Å²) in [6.07, 6.45) is 1.73. The summed E-state index contributed by atoms with van der Waals surface area (Å²) in [5.74, 6) is -1.02. The number of nitrogens with one attached hydrogen (secondary N) is 2. The summed E-state index contributed by atoms with van der Waals surface area (Å²) in [5.41, 5.74) is 3.66. The molecule has 0 saturated heterocycles. The Balaban J connectivity index is 1.40. The number of carbonyl (C=O) groups is 2. The Morgan fingerprint density at radius 1 is 0.971 bits per heavy atom. The molecule has 9 heteroatoms. The Kier molecular flexibility index (Phi) is 6.62. The van der Waals surface area contributed by atoms with E-state index in [2.05, 4.69) is 10.6 Å². The summed E-state index contributed by atoms with van der Waals surface area (Å²) in [4.78, 5) is 25.2. The molecule has 0 spiro atoms. The summed E-state index contributed by atoms with van der Waals surface area (Å²) < 4.78 is 38.6. The summed E-state index contributed by atoms with van der Waals surface area (Å²) in [5, 5.41) is 5.71. The third-order valence-electron chi connectivity index (χ3n) is 5.97. The van der Waals surface area contributed by atoms with Gasteiger partial charge >= 0.3 is 0 Å². The number of halogens is 1. The molecule has 2 unspecified atom stereocenters. The third-order valence-corrected chi connectivity index (χ3v) is 7.25. The van der Waals surface area contributed by atoms with E-state index in [1.54, 1.807) is 42.5 Å². The number of anilines is 2. The normalized spacial score (nSPS) is 15.9. The second-order valence-electron chi connectivity index (χ2n) is 8.73. The summed E-state index contributed by atoms with van der Waals surface area (Å²) in [7, 11) is -3.39. The van der Waals surface area contributed by atoms with Gasteiger partial charge in [-0.15, -0.1) is 0 Å². The predicted octanol–water partition coefficient (Wildman–Crippen LogP) is 4.28. The highest BCUT2D eigenvalue weighted by molar-refractivity contribution is 7.92. The summed E-state index contributed by atoms with van der Waals surface area (Å²) >= 11 is 0. The number of amides is 2. The van der Waals surface area contributed by atoms with Crippen LogP contribution < -0.4 is 14.9 Å². The second kappa shape index (κ2) is 9.50. The maximum absolute atomic E-state index is 13.0. The monoisotopic (exact) mass is 495 g/mol. The molecule has 182 valence electrons. The van der Waals surface area contributed by atoms with Crippen molar-refractivity contribution in [1.29, 1.82) is 0 Å². The molecule has 35 heavy (non-hydrogen) atoms. The van der Waals surface area contributed by atoms with Gasteiger partial charge in [-0.3, -0.25) is 13.9 Å². The van der Waals surface area contributed by atoms with Gasteiger partial charge in [0.1, 0.15) is 5.82 Å². The van der Waals surface area contributed by atoms with Crippen LogP contribution in [-0.4, -0.2) is 32.5 Å². The molecule has 0 radical (unpaired) electrons. The lowest BCUT2D eigenvalue weighted by atomic mass is 10.0. The minimum atomic E-state index is -3.39. The number of hydrogen-bond acceptors (Lipinski definition) is 4. The van der Waals surface area contributed by atoms with Gasteiger partial charge in [0.15, 0.2) is 0 Å². The van der Waals surface area contributed by atoms with Crippen LogP contribution in [0.3, 0.4) is 0 Å². The molecule has 7 nitrogen and oxygen atoms in total. The Morgan fingerprint density at radius 2 is 1.60 bits per heavy atom. The van der Waals surface area contributed by atoms with E-state index in [-0.39, 0.29) is 23.9 Å². The van der Waals surface area contributed by atoms with Crippen molar-refractivity contribution in [3.8, 4) is 0 Å². The van der Waals surface area contributed by atoms with Crippen LogP contribution in [0, 0.1) is 5.82 Å².